The predicted molar refractivity (Wildman–Crippen MR) is 38.6 cm³/mol. The third-order valence-corrected chi connectivity index (χ3v) is 1.57. The largest absolute Gasteiger partial charge is 0.504 e. The van der Waals surface area contributed by atoms with E-state index in [0.717, 1.165) is 6.20 Å². The SMILES string of the molecule is Oc1cncc(I)c1F. The van der Waals surface area contributed by atoms with Gasteiger partial charge in [0.05, 0.1) is 9.77 Å². The molecule has 0 saturated heterocycles. The van der Waals surface area contributed by atoms with Gasteiger partial charge in [-0.2, -0.15) is 0 Å². The van der Waals surface area contributed by atoms with Crippen molar-refractivity contribution < 1.29 is 9.50 Å². The summed E-state index contributed by atoms with van der Waals surface area (Å²) in [6.45, 7) is 0. The van der Waals surface area contributed by atoms with E-state index in [4.69, 9.17) is 5.11 Å². The second-order valence-electron chi connectivity index (χ2n) is 1.45. The summed E-state index contributed by atoms with van der Waals surface area (Å²) in [7, 11) is 0. The molecule has 0 spiro atoms. The molecule has 0 atom stereocenters. The number of halogens is 2. The van der Waals surface area contributed by atoms with Crippen molar-refractivity contribution in [1.29, 1.82) is 0 Å². The Morgan fingerprint density at radius 1 is 1.56 bits per heavy atom. The standard InChI is InChI=1S/C5H3FINO/c6-5-3(7)1-8-2-4(5)9/h1-2,9H. The van der Waals surface area contributed by atoms with Gasteiger partial charge in [0.15, 0.2) is 11.6 Å². The van der Waals surface area contributed by atoms with E-state index in [1.807, 2.05) is 0 Å². The van der Waals surface area contributed by atoms with Crippen LogP contribution in [0, 0.1) is 9.39 Å². The molecule has 0 aliphatic carbocycles. The Bertz CT molecular complexity index is 208. The minimum Gasteiger partial charge on any atom is -0.504 e. The van der Waals surface area contributed by atoms with Gasteiger partial charge in [-0.25, -0.2) is 4.39 Å². The summed E-state index contributed by atoms with van der Waals surface area (Å²) in [5, 5.41) is 8.66. The molecule has 0 amide bonds. The normalized spacial score (nSPS) is 9.56. The molecule has 1 heterocycles. The monoisotopic (exact) mass is 239 g/mol. The highest BCUT2D eigenvalue weighted by molar-refractivity contribution is 14.1. The van der Waals surface area contributed by atoms with Crippen molar-refractivity contribution in [3.8, 4) is 5.75 Å². The maximum absolute atomic E-state index is 12.4. The fourth-order valence-electron chi connectivity index (χ4n) is 0.409. The average Bonchev–Trinajstić information content (AvgIpc) is 1.83. The van der Waals surface area contributed by atoms with Crippen molar-refractivity contribution >= 4 is 22.6 Å². The highest BCUT2D eigenvalue weighted by atomic mass is 127. The average molecular weight is 239 g/mol. The van der Waals surface area contributed by atoms with E-state index in [1.54, 1.807) is 22.6 Å². The zero-order chi connectivity index (χ0) is 6.85. The van der Waals surface area contributed by atoms with Crippen molar-refractivity contribution in [3.63, 3.8) is 0 Å². The first-order valence-electron chi connectivity index (χ1n) is 2.20. The lowest BCUT2D eigenvalue weighted by atomic mass is 10.4. The number of pyridine rings is 1. The summed E-state index contributed by atoms with van der Waals surface area (Å²) in [4.78, 5) is 3.55. The molecule has 1 N–H and O–H groups in total. The van der Waals surface area contributed by atoms with Crippen LogP contribution in [-0.4, -0.2) is 10.1 Å². The van der Waals surface area contributed by atoms with Gasteiger partial charge in [0.25, 0.3) is 0 Å². The molecule has 2 nitrogen and oxygen atoms in total. The van der Waals surface area contributed by atoms with E-state index < -0.39 is 11.6 Å². The van der Waals surface area contributed by atoms with Gasteiger partial charge < -0.3 is 5.11 Å². The highest BCUT2D eigenvalue weighted by Gasteiger charge is 2.02. The number of hydrogen-bond donors (Lipinski definition) is 1. The van der Waals surface area contributed by atoms with Crippen LogP contribution in [0.1, 0.15) is 0 Å². The second-order valence-corrected chi connectivity index (χ2v) is 2.62. The van der Waals surface area contributed by atoms with Gasteiger partial charge in [-0.3, -0.25) is 4.98 Å². The first-order chi connectivity index (χ1) is 4.22. The number of aromatic hydroxyl groups is 1. The van der Waals surface area contributed by atoms with Gasteiger partial charge in [0.2, 0.25) is 0 Å². The van der Waals surface area contributed by atoms with Crippen LogP contribution in [0.2, 0.25) is 0 Å². The molecule has 0 aliphatic rings. The van der Waals surface area contributed by atoms with Gasteiger partial charge in [-0.05, 0) is 22.6 Å². The van der Waals surface area contributed by atoms with Gasteiger partial charge in [0, 0.05) is 6.20 Å². The van der Waals surface area contributed by atoms with Crippen LogP contribution in [-0.2, 0) is 0 Å². The maximum Gasteiger partial charge on any atom is 0.181 e. The van der Waals surface area contributed by atoms with Gasteiger partial charge in [-0.15, -0.1) is 0 Å². The highest BCUT2D eigenvalue weighted by Crippen LogP contribution is 2.17. The molecular formula is C5H3FINO. The van der Waals surface area contributed by atoms with Crippen molar-refractivity contribution in [1.82, 2.24) is 4.98 Å². The third-order valence-electron chi connectivity index (χ3n) is 0.819. The molecule has 0 bridgehead atoms. The predicted octanol–water partition coefficient (Wildman–Crippen LogP) is 1.53. The molecule has 0 aliphatic heterocycles. The molecule has 0 fully saturated rings. The van der Waals surface area contributed by atoms with Crippen LogP contribution in [0.4, 0.5) is 4.39 Å². The number of rotatable bonds is 0. The summed E-state index contributed by atoms with van der Waals surface area (Å²) in [6, 6.07) is 0. The molecule has 0 unspecified atom stereocenters. The zero-order valence-corrected chi connectivity index (χ0v) is 6.46. The Hall–Kier alpha value is -0.390. The molecule has 0 radical (unpaired) electrons. The van der Waals surface area contributed by atoms with E-state index in [0.29, 0.717) is 3.57 Å². The van der Waals surface area contributed by atoms with E-state index >= 15 is 0 Å². The lowest BCUT2D eigenvalue weighted by Gasteiger charge is -1.93. The topological polar surface area (TPSA) is 33.1 Å². The number of hydrogen-bond acceptors (Lipinski definition) is 2. The fraction of sp³-hybridized carbons (Fsp3) is 0. The lowest BCUT2D eigenvalue weighted by Crippen LogP contribution is -1.82. The first-order valence-corrected chi connectivity index (χ1v) is 3.27. The van der Waals surface area contributed by atoms with Crippen molar-refractivity contribution in [2.45, 2.75) is 0 Å². The van der Waals surface area contributed by atoms with Crippen LogP contribution >= 0.6 is 22.6 Å². The van der Waals surface area contributed by atoms with Crippen molar-refractivity contribution in [3.05, 3.63) is 21.8 Å². The molecule has 48 valence electrons. The van der Waals surface area contributed by atoms with Crippen LogP contribution in [0.15, 0.2) is 12.4 Å². The summed E-state index contributed by atoms with van der Waals surface area (Å²) in [6.07, 6.45) is 2.41. The molecule has 1 rings (SSSR count). The van der Waals surface area contributed by atoms with Crippen LogP contribution in [0.3, 0.4) is 0 Å². The smallest absolute Gasteiger partial charge is 0.181 e. The molecule has 9 heavy (non-hydrogen) atoms. The van der Waals surface area contributed by atoms with Crippen LogP contribution in [0.5, 0.6) is 5.75 Å². The van der Waals surface area contributed by atoms with Gasteiger partial charge in [0.1, 0.15) is 0 Å². The summed E-state index contributed by atoms with van der Waals surface area (Å²) in [5.41, 5.74) is 0. The Morgan fingerprint density at radius 2 is 2.22 bits per heavy atom. The maximum atomic E-state index is 12.4. The van der Waals surface area contributed by atoms with Crippen LogP contribution in [0.25, 0.3) is 0 Å². The van der Waals surface area contributed by atoms with E-state index in [9.17, 15) is 4.39 Å². The first kappa shape index (κ1) is 6.73. The summed E-state index contributed by atoms with van der Waals surface area (Å²) >= 11 is 1.75. The van der Waals surface area contributed by atoms with Crippen molar-refractivity contribution in [2.75, 3.05) is 0 Å². The van der Waals surface area contributed by atoms with Gasteiger partial charge >= 0.3 is 0 Å². The van der Waals surface area contributed by atoms with E-state index in [2.05, 4.69) is 4.98 Å². The summed E-state index contributed by atoms with van der Waals surface area (Å²) in [5.74, 6) is -1.01. The molecule has 1 aromatic rings. The molecular weight excluding hydrogens is 236 g/mol. The van der Waals surface area contributed by atoms with E-state index in [-0.39, 0.29) is 0 Å². The molecule has 0 saturated carbocycles. The van der Waals surface area contributed by atoms with Gasteiger partial charge in [-0.1, -0.05) is 0 Å². The Labute approximate surface area is 64.9 Å². The van der Waals surface area contributed by atoms with E-state index in [1.165, 1.54) is 6.20 Å². The van der Waals surface area contributed by atoms with Crippen LogP contribution < -0.4 is 0 Å². The quantitative estimate of drug-likeness (QED) is 0.696. The minimum absolute atomic E-state index is 0.326. The number of aromatic nitrogens is 1. The molecule has 0 aromatic carbocycles. The fourth-order valence-corrected chi connectivity index (χ4v) is 0.846. The Balaban J connectivity index is 3.25. The summed E-state index contributed by atoms with van der Waals surface area (Å²) < 4.78 is 12.8. The third kappa shape index (κ3) is 1.29. The zero-order valence-electron chi connectivity index (χ0n) is 4.31. The molecule has 1 aromatic heterocycles. The second kappa shape index (κ2) is 2.47. The lowest BCUT2D eigenvalue weighted by molar-refractivity contribution is 0.427. The number of nitrogens with zero attached hydrogens (tertiary/aromatic N) is 1. The van der Waals surface area contributed by atoms with Crippen molar-refractivity contribution in [2.24, 2.45) is 0 Å². The Morgan fingerprint density at radius 3 is 2.67 bits per heavy atom. The minimum atomic E-state index is -0.606. The Kier molecular flexibility index (Phi) is 1.84. The molecule has 4 heteroatoms.